The smallest absolute Gasteiger partial charge is 0.245 e. The minimum atomic E-state index is -0.779. The van der Waals surface area contributed by atoms with Crippen molar-refractivity contribution in [3.05, 3.63) is 83.4 Å². The van der Waals surface area contributed by atoms with E-state index in [9.17, 15) is 29.4 Å². The normalized spacial score (nSPS) is 18.2. The van der Waals surface area contributed by atoms with Crippen LogP contribution in [0.2, 0.25) is 0 Å². The summed E-state index contributed by atoms with van der Waals surface area (Å²) in [6.45, 7) is 16.1. The lowest BCUT2D eigenvalue weighted by Crippen LogP contribution is -2.58. The number of nitrogens with one attached hydrogen (secondary N) is 4. The molecule has 4 amide bonds. The van der Waals surface area contributed by atoms with Crippen molar-refractivity contribution in [2.75, 3.05) is 40.4 Å². The maximum absolute atomic E-state index is 15.2. The van der Waals surface area contributed by atoms with Crippen LogP contribution in [0.25, 0.3) is 44.3 Å². The molecule has 14 nitrogen and oxygen atoms in total. The second kappa shape index (κ2) is 22.2. The van der Waals surface area contributed by atoms with Gasteiger partial charge in [0.05, 0.1) is 47.7 Å². The van der Waals surface area contributed by atoms with Gasteiger partial charge in [-0.25, -0.2) is 8.78 Å². The van der Waals surface area contributed by atoms with E-state index in [0.29, 0.717) is 37.0 Å². The standard InChI is InChI=1S/C56H76F2N8O6/c1-33(59-9)51(69)61-49(55(3,4)5)53(71)63-23-11-13-39(63)31-43-41-21-19-37(57)29-45(41)65(25-27-67)47(43)35-15-17-36(18-16-35)48-44(42-22-20-38(58)30-46(42)66(48)26-28-68)32-40-14-12-24-64(40)54(72)50(56(6,7)8)62-52(70)34(2)60-10/h15-22,29-30,33-34,39-40,49-50,59-60,67-68H,11-14,23-28,31-32H2,1-10H3,(H,61,69)(H,62,70)/t33-,34-,39-,40?,49+,50+/m0/s1. The molecule has 5 aromatic rings. The molecule has 72 heavy (non-hydrogen) atoms. The predicted octanol–water partition coefficient (Wildman–Crippen LogP) is 6.54. The summed E-state index contributed by atoms with van der Waals surface area (Å²) in [6, 6.07) is 14.3. The number of benzene rings is 3. The van der Waals surface area contributed by atoms with Crippen molar-refractivity contribution in [2.24, 2.45) is 10.8 Å². The Morgan fingerprint density at radius 1 is 0.611 bits per heavy atom. The zero-order chi connectivity index (χ0) is 52.4. The van der Waals surface area contributed by atoms with Gasteiger partial charge in [0.15, 0.2) is 0 Å². The number of hydrogen-bond donors (Lipinski definition) is 6. The van der Waals surface area contributed by atoms with Crippen LogP contribution in [-0.4, -0.2) is 129 Å². The number of likely N-dealkylation sites (tertiary alicyclic amines) is 2. The van der Waals surface area contributed by atoms with Gasteiger partial charge < -0.3 is 50.4 Å². The molecule has 6 N–H and O–H groups in total. The number of aliphatic hydroxyl groups is 2. The van der Waals surface area contributed by atoms with E-state index in [0.717, 1.165) is 70.1 Å². The quantitative estimate of drug-likeness (QED) is 0.0575. The molecule has 2 aliphatic heterocycles. The molecule has 0 spiro atoms. The van der Waals surface area contributed by atoms with Gasteiger partial charge >= 0.3 is 0 Å². The lowest BCUT2D eigenvalue weighted by Gasteiger charge is -2.36. The molecule has 0 bridgehead atoms. The Bertz CT molecular complexity index is 2590. The molecule has 2 aliphatic rings. The number of fused-ring (bicyclic) bond motifs is 2. The molecule has 6 atom stereocenters. The first-order valence-electron chi connectivity index (χ1n) is 25.6. The predicted molar refractivity (Wildman–Crippen MR) is 279 cm³/mol. The number of aliphatic hydroxyl groups excluding tert-OH is 2. The van der Waals surface area contributed by atoms with E-state index in [-0.39, 0.29) is 62.0 Å². The second-order valence-electron chi connectivity index (χ2n) is 22.0. The number of amides is 4. The SMILES string of the molecule is CN[C@@H](C)C(=O)N[C@H](C(=O)N1CCCC1Cc1c(-c2ccc(-c3c(C[C@@H]4CCCN4C(=O)[C@@H](NC(=O)[C@H](C)NC)C(C)(C)C)c4ccc(F)cc4n3CCO)cc2)n(CCO)c2cc(F)ccc12)C(C)(C)C. The first-order valence-corrected chi connectivity index (χ1v) is 25.6. The summed E-state index contributed by atoms with van der Waals surface area (Å²) in [6.07, 6.45) is 3.86. The maximum Gasteiger partial charge on any atom is 0.245 e. The largest absolute Gasteiger partial charge is 0.395 e. The van der Waals surface area contributed by atoms with Crippen LogP contribution in [0.4, 0.5) is 8.78 Å². The highest BCUT2D eigenvalue weighted by Crippen LogP contribution is 2.41. The Hall–Kier alpha value is -5.68. The minimum absolute atomic E-state index is 0.156. The van der Waals surface area contributed by atoms with E-state index in [4.69, 9.17) is 0 Å². The summed E-state index contributed by atoms with van der Waals surface area (Å²) in [5, 5.41) is 34.6. The third-order valence-corrected chi connectivity index (χ3v) is 15.0. The van der Waals surface area contributed by atoms with Gasteiger partial charge in [0.2, 0.25) is 23.6 Å². The number of hydrogen-bond acceptors (Lipinski definition) is 8. The molecule has 7 rings (SSSR count). The number of likely N-dealkylation sites (N-methyl/N-ethyl adjacent to an activating group) is 2. The molecule has 0 radical (unpaired) electrons. The fraction of sp³-hybridized carbons (Fsp3) is 0.536. The third kappa shape index (κ3) is 11.1. The summed E-state index contributed by atoms with van der Waals surface area (Å²) in [5.74, 6) is -1.68. The molecule has 3 aromatic carbocycles. The third-order valence-electron chi connectivity index (χ3n) is 15.0. The Morgan fingerprint density at radius 2 is 0.972 bits per heavy atom. The summed E-state index contributed by atoms with van der Waals surface area (Å²) in [4.78, 5) is 59.3. The Kier molecular flexibility index (Phi) is 16.7. The minimum Gasteiger partial charge on any atom is -0.395 e. The molecule has 4 heterocycles. The van der Waals surface area contributed by atoms with Crippen LogP contribution in [0, 0.1) is 22.5 Å². The van der Waals surface area contributed by atoms with Crippen molar-refractivity contribution < 1.29 is 38.2 Å². The van der Waals surface area contributed by atoms with Gasteiger partial charge in [-0.05, 0) is 136 Å². The fourth-order valence-corrected chi connectivity index (χ4v) is 10.9. The molecule has 0 aliphatic carbocycles. The van der Waals surface area contributed by atoms with Crippen molar-refractivity contribution in [1.29, 1.82) is 0 Å². The fourth-order valence-electron chi connectivity index (χ4n) is 10.9. The summed E-state index contributed by atoms with van der Waals surface area (Å²) in [7, 11) is 3.40. The highest BCUT2D eigenvalue weighted by Gasteiger charge is 2.42. The second-order valence-corrected chi connectivity index (χ2v) is 22.0. The number of carbonyl (C=O) groups is 4. The van der Waals surface area contributed by atoms with Crippen molar-refractivity contribution in [3.8, 4) is 22.5 Å². The Balaban J connectivity index is 1.30. The van der Waals surface area contributed by atoms with Crippen molar-refractivity contribution in [3.63, 3.8) is 0 Å². The Morgan fingerprint density at radius 3 is 1.29 bits per heavy atom. The van der Waals surface area contributed by atoms with Gasteiger partial charge in [-0.3, -0.25) is 19.2 Å². The lowest BCUT2D eigenvalue weighted by atomic mass is 9.85. The summed E-state index contributed by atoms with van der Waals surface area (Å²) in [5.41, 5.74) is 5.01. The highest BCUT2D eigenvalue weighted by atomic mass is 19.1. The van der Waals surface area contributed by atoms with Crippen LogP contribution in [0.3, 0.4) is 0 Å². The van der Waals surface area contributed by atoms with E-state index in [2.05, 4.69) is 21.3 Å². The summed E-state index contributed by atoms with van der Waals surface area (Å²) >= 11 is 0. The number of carbonyl (C=O) groups excluding carboxylic acids is 4. The molecule has 2 fully saturated rings. The Labute approximate surface area is 422 Å². The highest BCUT2D eigenvalue weighted by molar-refractivity contribution is 5.96. The van der Waals surface area contributed by atoms with Crippen LogP contribution in [0.15, 0.2) is 60.7 Å². The molecule has 2 saturated heterocycles. The van der Waals surface area contributed by atoms with Gasteiger partial charge in [-0.2, -0.15) is 0 Å². The van der Waals surface area contributed by atoms with Crippen LogP contribution in [0.5, 0.6) is 0 Å². The molecule has 16 heteroatoms. The number of rotatable bonds is 18. The lowest BCUT2D eigenvalue weighted by molar-refractivity contribution is -0.140. The first-order chi connectivity index (χ1) is 34.1. The first kappa shape index (κ1) is 54.1. The number of nitrogens with zero attached hydrogens (tertiary/aromatic N) is 4. The topological polar surface area (TPSA) is 173 Å². The summed E-state index contributed by atoms with van der Waals surface area (Å²) < 4.78 is 34.3. The van der Waals surface area contributed by atoms with Gasteiger partial charge in [0.25, 0.3) is 0 Å². The monoisotopic (exact) mass is 995 g/mol. The van der Waals surface area contributed by atoms with Crippen LogP contribution < -0.4 is 21.3 Å². The van der Waals surface area contributed by atoms with E-state index in [1.165, 1.54) is 24.3 Å². The van der Waals surface area contributed by atoms with Crippen LogP contribution in [-0.2, 0) is 45.1 Å². The van der Waals surface area contributed by atoms with Gasteiger partial charge in [-0.15, -0.1) is 0 Å². The van der Waals surface area contributed by atoms with Crippen molar-refractivity contribution in [1.82, 2.24) is 40.2 Å². The zero-order valence-electron chi connectivity index (χ0n) is 43.8. The molecule has 2 aromatic heterocycles. The molecule has 390 valence electrons. The average molecular weight is 995 g/mol. The van der Waals surface area contributed by atoms with E-state index >= 15 is 8.78 Å². The van der Waals surface area contributed by atoms with E-state index in [1.54, 1.807) is 40.1 Å². The van der Waals surface area contributed by atoms with Gasteiger partial charge in [0, 0.05) is 49.0 Å². The molecule has 0 saturated carbocycles. The molecular weight excluding hydrogens is 919 g/mol. The van der Waals surface area contributed by atoms with Crippen LogP contribution >= 0.6 is 0 Å². The van der Waals surface area contributed by atoms with Crippen molar-refractivity contribution in [2.45, 2.75) is 143 Å². The number of halogens is 2. The molecular formula is C56H76F2N8O6. The zero-order valence-corrected chi connectivity index (χ0v) is 43.8. The van der Waals surface area contributed by atoms with Crippen molar-refractivity contribution >= 4 is 45.4 Å². The van der Waals surface area contributed by atoms with E-state index in [1.807, 2.05) is 84.7 Å². The number of aromatic nitrogens is 2. The van der Waals surface area contributed by atoms with Crippen LogP contribution in [0.1, 0.15) is 92.2 Å². The van der Waals surface area contributed by atoms with Gasteiger partial charge in [0.1, 0.15) is 23.7 Å². The average Bonchev–Trinajstić information content (AvgIpc) is 4.13. The maximum atomic E-state index is 15.2. The van der Waals surface area contributed by atoms with E-state index < -0.39 is 46.6 Å². The van der Waals surface area contributed by atoms with Gasteiger partial charge in [-0.1, -0.05) is 65.8 Å². The molecule has 1 unspecified atom stereocenters.